The first-order valence-electron chi connectivity index (χ1n) is 10.4. The summed E-state index contributed by atoms with van der Waals surface area (Å²) in [6.45, 7) is 2.66. The van der Waals surface area contributed by atoms with Gasteiger partial charge >= 0.3 is 0 Å². The Morgan fingerprint density at radius 3 is 2.67 bits per heavy atom. The molecule has 1 spiro atoms. The van der Waals surface area contributed by atoms with Gasteiger partial charge < -0.3 is 19.2 Å². The van der Waals surface area contributed by atoms with Gasteiger partial charge in [-0.25, -0.2) is 0 Å². The minimum atomic E-state index is -0.753. The molecule has 160 valence electrons. The van der Waals surface area contributed by atoms with E-state index in [0.29, 0.717) is 23.0 Å². The van der Waals surface area contributed by atoms with Crippen LogP contribution in [0, 0.1) is 5.92 Å². The highest BCUT2D eigenvalue weighted by Crippen LogP contribution is 2.43. The number of ether oxygens (including phenoxy) is 2. The summed E-state index contributed by atoms with van der Waals surface area (Å²) in [5, 5.41) is 2.88. The highest BCUT2D eigenvalue weighted by atomic mass is 16.5. The van der Waals surface area contributed by atoms with E-state index in [1.165, 1.54) is 7.11 Å². The van der Waals surface area contributed by atoms with Crippen LogP contribution in [0.5, 0.6) is 5.75 Å². The zero-order valence-corrected chi connectivity index (χ0v) is 17.4. The second kappa shape index (κ2) is 8.52. The Hall–Kier alpha value is -2.80. The molecule has 2 aliphatic rings. The maximum atomic E-state index is 13.7. The lowest BCUT2D eigenvalue weighted by Gasteiger charge is -2.43. The number of amides is 2. The first kappa shape index (κ1) is 20.5. The van der Waals surface area contributed by atoms with Crippen molar-refractivity contribution in [2.45, 2.75) is 50.9 Å². The molecule has 2 heterocycles. The number of nitrogens with one attached hydrogen (secondary N) is 1. The SMILES string of the molecule is COc1ccccc1C(=O)N1C(C(=O)NCc2ccco2)COC12CCC(C)CC2. The Kier molecular flexibility index (Phi) is 5.81. The number of rotatable bonds is 5. The monoisotopic (exact) mass is 412 g/mol. The molecule has 0 bridgehead atoms. The van der Waals surface area contributed by atoms with Crippen LogP contribution in [0.1, 0.15) is 48.7 Å². The van der Waals surface area contributed by atoms with Crippen LogP contribution >= 0.6 is 0 Å². The lowest BCUT2D eigenvalue weighted by molar-refractivity contribution is -0.128. The van der Waals surface area contributed by atoms with Gasteiger partial charge in [-0.15, -0.1) is 0 Å². The molecule has 1 N–H and O–H groups in total. The lowest BCUT2D eigenvalue weighted by Crippen LogP contribution is -2.56. The van der Waals surface area contributed by atoms with Crippen LogP contribution in [-0.4, -0.2) is 42.2 Å². The number of methoxy groups -OCH3 is 1. The van der Waals surface area contributed by atoms with Gasteiger partial charge in [0.15, 0.2) is 0 Å². The molecule has 1 aliphatic heterocycles. The van der Waals surface area contributed by atoms with Crippen molar-refractivity contribution in [1.82, 2.24) is 10.2 Å². The van der Waals surface area contributed by atoms with Crippen molar-refractivity contribution in [3.63, 3.8) is 0 Å². The van der Waals surface area contributed by atoms with Gasteiger partial charge in [0, 0.05) is 0 Å². The Bertz CT molecular complexity index is 887. The highest BCUT2D eigenvalue weighted by molar-refractivity contribution is 6.00. The van der Waals surface area contributed by atoms with Crippen molar-refractivity contribution in [3.05, 3.63) is 54.0 Å². The predicted octanol–water partition coefficient (Wildman–Crippen LogP) is 3.35. The second-order valence-corrected chi connectivity index (χ2v) is 8.13. The average molecular weight is 412 g/mol. The molecule has 2 fully saturated rings. The maximum Gasteiger partial charge on any atom is 0.260 e. The van der Waals surface area contributed by atoms with Crippen molar-refractivity contribution in [1.29, 1.82) is 0 Å². The second-order valence-electron chi connectivity index (χ2n) is 8.13. The van der Waals surface area contributed by atoms with Crippen LogP contribution < -0.4 is 10.1 Å². The fraction of sp³-hybridized carbons (Fsp3) is 0.478. The van der Waals surface area contributed by atoms with Gasteiger partial charge in [-0.3, -0.25) is 14.5 Å². The van der Waals surface area contributed by atoms with Gasteiger partial charge in [-0.05, 0) is 55.9 Å². The summed E-state index contributed by atoms with van der Waals surface area (Å²) >= 11 is 0. The Labute approximate surface area is 176 Å². The topological polar surface area (TPSA) is 81.0 Å². The number of furan rings is 1. The third-order valence-electron chi connectivity index (χ3n) is 6.19. The molecule has 1 unspecified atom stereocenters. The number of benzene rings is 1. The predicted molar refractivity (Wildman–Crippen MR) is 110 cm³/mol. The minimum Gasteiger partial charge on any atom is -0.496 e. The highest BCUT2D eigenvalue weighted by Gasteiger charge is 2.53. The smallest absolute Gasteiger partial charge is 0.260 e. The van der Waals surface area contributed by atoms with E-state index in [-0.39, 0.29) is 25.0 Å². The number of carbonyl (C=O) groups is 2. The Morgan fingerprint density at radius 2 is 1.97 bits per heavy atom. The molecule has 7 heteroatoms. The first-order chi connectivity index (χ1) is 14.5. The van der Waals surface area contributed by atoms with Crippen LogP contribution in [0.3, 0.4) is 0 Å². The number of hydrogen-bond acceptors (Lipinski definition) is 5. The van der Waals surface area contributed by atoms with Crippen LogP contribution in [0.15, 0.2) is 47.1 Å². The largest absolute Gasteiger partial charge is 0.496 e. The normalized spacial score (nSPS) is 26.0. The third-order valence-corrected chi connectivity index (χ3v) is 6.19. The van der Waals surface area contributed by atoms with E-state index < -0.39 is 11.8 Å². The summed E-state index contributed by atoms with van der Waals surface area (Å²) in [6, 6.07) is 9.98. The average Bonchev–Trinajstić information content (AvgIpc) is 3.42. The first-order valence-corrected chi connectivity index (χ1v) is 10.4. The quantitative estimate of drug-likeness (QED) is 0.815. The summed E-state index contributed by atoms with van der Waals surface area (Å²) in [5.74, 6) is 1.24. The number of para-hydroxylation sites is 1. The standard InChI is InChI=1S/C23H28N2O5/c1-16-9-11-23(12-10-16)25(22(27)18-7-3-4-8-20(18)28-2)19(15-30-23)21(26)24-14-17-6-5-13-29-17/h3-8,13,16,19H,9-12,14-15H2,1-2H3,(H,24,26). The Balaban J connectivity index is 1.62. The Morgan fingerprint density at radius 1 is 1.20 bits per heavy atom. The maximum absolute atomic E-state index is 13.7. The molecule has 7 nitrogen and oxygen atoms in total. The van der Waals surface area contributed by atoms with Crippen molar-refractivity contribution in [2.75, 3.05) is 13.7 Å². The van der Waals surface area contributed by atoms with Gasteiger partial charge in [0.2, 0.25) is 5.91 Å². The van der Waals surface area contributed by atoms with E-state index >= 15 is 0 Å². The van der Waals surface area contributed by atoms with Gasteiger partial charge in [0.1, 0.15) is 23.3 Å². The fourth-order valence-electron chi connectivity index (χ4n) is 4.44. The van der Waals surface area contributed by atoms with E-state index in [9.17, 15) is 9.59 Å². The van der Waals surface area contributed by atoms with Crippen molar-refractivity contribution in [2.24, 2.45) is 5.92 Å². The summed E-state index contributed by atoms with van der Waals surface area (Å²) in [7, 11) is 1.54. The van der Waals surface area contributed by atoms with Crippen LogP contribution in [0.4, 0.5) is 0 Å². The molecule has 1 atom stereocenters. The summed E-state index contributed by atoms with van der Waals surface area (Å²) in [5.41, 5.74) is -0.315. The van der Waals surface area contributed by atoms with Gasteiger partial charge in [0.05, 0.1) is 32.1 Å². The molecule has 1 saturated heterocycles. The van der Waals surface area contributed by atoms with Crippen molar-refractivity contribution < 1.29 is 23.5 Å². The minimum absolute atomic E-state index is 0.180. The number of nitrogens with zero attached hydrogens (tertiary/aromatic N) is 1. The fourth-order valence-corrected chi connectivity index (χ4v) is 4.44. The van der Waals surface area contributed by atoms with Crippen molar-refractivity contribution in [3.8, 4) is 5.75 Å². The zero-order chi connectivity index (χ0) is 21.1. The molecule has 30 heavy (non-hydrogen) atoms. The van der Waals surface area contributed by atoms with Crippen molar-refractivity contribution >= 4 is 11.8 Å². The molecule has 2 aromatic rings. The van der Waals surface area contributed by atoms with E-state index in [0.717, 1.165) is 25.7 Å². The molecule has 4 rings (SSSR count). The van der Waals surface area contributed by atoms with E-state index in [1.807, 2.05) is 6.07 Å². The van der Waals surface area contributed by atoms with E-state index in [4.69, 9.17) is 13.9 Å². The molecule has 2 amide bonds. The lowest BCUT2D eigenvalue weighted by atomic mass is 9.83. The molecule has 1 aliphatic carbocycles. The summed E-state index contributed by atoms with van der Waals surface area (Å²) in [4.78, 5) is 28.4. The van der Waals surface area contributed by atoms with E-state index in [2.05, 4.69) is 12.2 Å². The summed E-state index contributed by atoms with van der Waals surface area (Å²) in [6.07, 6.45) is 4.91. The third kappa shape index (κ3) is 3.81. The van der Waals surface area contributed by atoms with Gasteiger partial charge in [-0.2, -0.15) is 0 Å². The van der Waals surface area contributed by atoms with Gasteiger partial charge in [0.25, 0.3) is 5.91 Å². The molecule has 1 aromatic carbocycles. The van der Waals surface area contributed by atoms with Crippen LogP contribution in [0.2, 0.25) is 0 Å². The number of carbonyl (C=O) groups excluding carboxylic acids is 2. The summed E-state index contributed by atoms with van der Waals surface area (Å²) < 4.78 is 16.9. The van der Waals surface area contributed by atoms with E-state index in [1.54, 1.807) is 41.5 Å². The molecular weight excluding hydrogens is 384 g/mol. The molecule has 1 saturated carbocycles. The number of hydrogen-bond donors (Lipinski definition) is 1. The zero-order valence-electron chi connectivity index (χ0n) is 17.4. The van der Waals surface area contributed by atoms with Gasteiger partial charge in [-0.1, -0.05) is 19.1 Å². The van der Waals surface area contributed by atoms with Crippen LogP contribution in [-0.2, 0) is 16.1 Å². The molecular formula is C23H28N2O5. The molecule has 0 radical (unpaired) electrons. The molecule has 1 aromatic heterocycles. The van der Waals surface area contributed by atoms with Crippen LogP contribution in [0.25, 0.3) is 0 Å².